The molecule has 2 heteroatoms. The first-order valence-electron chi connectivity index (χ1n) is 6.41. The van der Waals surface area contributed by atoms with Gasteiger partial charge in [0.15, 0.2) is 0 Å². The third-order valence-electron chi connectivity index (χ3n) is 4.64. The predicted octanol–water partition coefficient (Wildman–Crippen LogP) is 2.87. The first kappa shape index (κ1) is 10.8. The Balaban J connectivity index is 2.33. The van der Waals surface area contributed by atoms with Crippen LogP contribution in [0.5, 0.6) is 0 Å². The SMILES string of the molecule is CC1c2c(c3ccccc3n2C)CC[N+]1(C)C. The minimum absolute atomic E-state index is 0.580. The largest absolute Gasteiger partial charge is 0.342 e. The molecule has 1 aliphatic rings. The Hall–Kier alpha value is -1.28. The molecule has 2 heterocycles. The molecule has 17 heavy (non-hydrogen) atoms. The van der Waals surface area contributed by atoms with Crippen molar-refractivity contribution in [3.63, 3.8) is 0 Å². The van der Waals surface area contributed by atoms with E-state index in [-0.39, 0.29) is 0 Å². The minimum Gasteiger partial charge on any atom is -0.342 e. The summed E-state index contributed by atoms with van der Waals surface area (Å²) in [6.07, 6.45) is 1.20. The van der Waals surface area contributed by atoms with Crippen molar-refractivity contribution in [1.29, 1.82) is 0 Å². The Kier molecular flexibility index (Phi) is 2.14. The zero-order valence-corrected chi connectivity index (χ0v) is 11.2. The van der Waals surface area contributed by atoms with Gasteiger partial charge in [0.2, 0.25) is 0 Å². The lowest BCUT2D eigenvalue weighted by Gasteiger charge is -2.40. The second-order valence-electron chi connectivity index (χ2n) is 5.87. The predicted molar refractivity (Wildman–Crippen MR) is 72.0 cm³/mol. The molecule has 1 unspecified atom stereocenters. The fourth-order valence-corrected chi connectivity index (χ4v) is 3.21. The van der Waals surface area contributed by atoms with Crippen molar-refractivity contribution in [1.82, 2.24) is 4.57 Å². The van der Waals surface area contributed by atoms with Gasteiger partial charge in [-0.05, 0) is 18.6 Å². The quantitative estimate of drug-likeness (QED) is 0.612. The number of nitrogens with zero attached hydrogens (tertiary/aromatic N) is 2. The van der Waals surface area contributed by atoms with Crippen LogP contribution in [-0.2, 0) is 13.5 Å². The van der Waals surface area contributed by atoms with Gasteiger partial charge in [-0.3, -0.25) is 0 Å². The van der Waals surface area contributed by atoms with Crippen LogP contribution < -0.4 is 0 Å². The first-order chi connectivity index (χ1) is 8.02. The van der Waals surface area contributed by atoms with Crippen molar-refractivity contribution >= 4 is 10.9 Å². The highest BCUT2D eigenvalue weighted by molar-refractivity contribution is 5.85. The van der Waals surface area contributed by atoms with Crippen LogP contribution in [0, 0.1) is 0 Å². The normalized spacial score (nSPS) is 22.7. The molecule has 0 saturated heterocycles. The number of rotatable bonds is 0. The molecule has 0 fully saturated rings. The van der Waals surface area contributed by atoms with Crippen LogP contribution in [-0.4, -0.2) is 29.7 Å². The lowest BCUT2D eigenvalue weighted by molar-refractivity contribution is -0.921. The first-order valence-corrected chi connectivity index (χ1v) is 6.41. The number of aryl methyl sites for hydroxylation is 1. The van der Waals surface area contributed by atoms with E-state index in [0.29, 0.717) is 6.04 Å². The standard InChI is InChI=1S/C15H21N2/c1-11-15-13(9-10-17(11,3)4)12-7-5-6-8-14(12)16(15)2/h5-8,11H,9-10H2,1-4H3/q+1. The molecule has 1 aliphatic heterocycles. The summed E-state index contributed by atoms with van der Waals surface area (Å²) in [5, 5.41) is 1.46. The lowest BCUT2D eigenvalue weighted by atomic mass is 9.97. The Bertz CT molecular complexity index is 578. The Morgan fingerprint density at radius 1 is 1.24 bits per heavy atom. The highest BCUT2D eigenvalue weighted by Gasteiger charge is 2.35. The zero-order valence-electron chi connectivity index (χ0n) is 11.2. The number of benzene rings is 1. The highest BCUT2D eigenvalue weighted by Crippen LogP contribution is 2.38. The molecule has 0 spiro atoms. The van der Waals surface area contributed by atoms with E-state index in [2.05, 4.69) is 56.9 Å². The van der Waals surface area contributed by atoms with E-state index in [4.69, 9.17) is 0 Å². The number of hydrogen-bond acceptors (Lipinski definition) is 0. The van der Waals surface area contributed by atoms with E-state index < -0.39 is 0 Å². The molecule has 0 aliphatic carbocycles. The molecule has 0 bridgehead atoms. The van der Waals surface area contributed by atoms with Gasteiger partial charge in [0.05, 0.1) is 26.3 Å². The number of aromatic nitrogens is 1. The molecule has 1 atom stereocenters. The molecule has 3 rings (SSSR count). The van der Waals surface area contributed by atoms with E-state index in [1.165, 1.54) is 29.6 Å². The average Bonchev–Trinajstić information content (AvgIpc) is 2.59. The summed E-state index contributed by atoms with van der Waals surface area (Å²) in [6.45, 7) is 3.60. The van der Waals surface area contributed by atoms with Gasteiger partial charge in [0.1, 0.15) is 6.04 Å². The maximum atomic E-state index is 2.40. The Morgan fingerprint density at radius 2 is 1.94 bits per heavy atom. The Labute approximate surface area is 103 Å². The van der Waals surface area contributed by atoms with Gasteiger partial charge in [-0.25, -0.2) is 0 Å². The minimum atomic E-state index is 0.580. The molecule has 90 valence electrons. The van der Waals surface area contributed by atoms with Gasteiger partial charge >= 0.3 is 0 Å². The third-order valence-corrected chi connectivity index (χ3v) is 4.64. The zero-order chi connectivity index (χ0) is 12.2. The van der Waals surface area contributed by atoms with Crippen molar-refractivity contribution in [3.05, 3.63) is 35.5 Å². The average molecular weight is 229 g/mol. The van der Waals surface area contributed by atoms with Crippen molar-refractivity contribution in [2.45, 2.75) is 19.4 Å². The van der Waals surface area contributed by atoms with Gasteiger partial charge in [-0.15, -0.1) is 0 Å². The van der Waals surface area contributed by atoms with E-state index in [1.54, 1.807) is 5.56 Å². The number of para-hydroxylation sites is 1. The summed E-state index contributed by atoms with van der Waals surface area (Å²) in [4.78, 5) is 0. The van der Waals surface area contributed by atoms with Crippen LogP contribution in [0.1, 0.15) is 24.2 Å². The second-order valence-corrected chi connectivity index (χ2v) is 5.87. The fraction of sp³-hybridized carbons (Fsp3) is 0.467. The van der Waals surface area contributed by atoms with E-state index in [0.717, 1.165) is 4.48 Å². The maximum absolute atomic E-state index is 2.40. The number of likely N-dealkylation sites (N-methyl/N-ethyl adjacent to an activating group) is 1. The molecular formula is C15H21N2+. The van der Waals surface area contributed by atoms with Crippen LogP contribution in [0.2, 0.25) is 0 Å². The van der Waals surface area contributed by atoms with Gasteiger partial charge in [-0.1, -0.05) is 18.2 Å². The molecule has 0 amide bonds. The summed E-state index contributed by atoms with van der Waals surface area (Å²) < 4.78 is 3.49. The van der Waals surface area contributed by atoms with Gasteiger partial charge < -0.3 is 9.05 Å². The van der Waals surface area contributed by atoms with Crippen molar-refractivity contribution in [3.8, 4) is 0 Å². The van der Waals surface area contributed by atoms with Crippen LogP contribution in [0.15, 0.2) is 24.3 Å². The van der Waals surface area contributed by atoms with Gasteiger partial charge in [0, 0.05) is 24.4 Å². The fourth-order valence-electron chi connectivity index (χ4n) is 3.21. The smallest absolute Gasteiger partial charge is 0.127 e. The highest BCUT2D eigenvalue weighted by atomic mass is 15.3. The van der Waals surface area contributed by atoms with Gasteiger partial charge in [-0.2, -0.15) is 0 Å². The topological polar surface area (TPSA) is 4.93 Å². The lowest BCUT2D eigenvalue weighted by Crippen LogP contribution is -2.47. The molecular weight excluding hydrogens is 208 g/mol. The van der Waals surface area contributed by atoms with Crippen molar-refractivity contribution in [2.75, 3.05) is 20.6 Å². The number of hydrogen-bond donors (Lipinski definition) is 0. The molecule has 1 aromatic carbocycles. The summed E-state index contributed by atoms with van der Waals surface area (Å²) in [5.74, 6) is 0. The maximum Gasteiger partial charge on any atom is 0.127 e. The number of fused-ring (bicyclic) bond motifs is 3. The molecule has 2 nitrogen and oxygen atoms in total. The van der Waals surface area contributed by atoms with Crippen LogP contribution in [0.3, 0.4) is 0 Å². The summed E-state index contributed by atoms with van der Waals surface area (Å²) in [6, 6.07) is 9.38. The van der Waals surface area contributed by atoms with Crippen molar-refractivity contribution in [2.24, 2.45) is 7.05 Å². The molecule has 0 radical (unpaired) electrons. The van der Waals surface area contributed by atoms with E-state index in [1.807, 2.05) is 0 Å². The third kappa shape index (κ3) is 1.37. The molecule has 2 aromatic rings. The van der Waals surface area contributed by atoms with E-state index in [9.17, 15) is 0 Å². The Morgan fingerprint density at radius 3 is 2.71 bits per heavy atom. The summed E-state index contributed by atoms with van der Waals surface area (Å²) in [5.41, 5.74) is 4.49. The monoisotopic (exact) mass is 229 g/mol. The molecule has 1 aromatic heterocycles. The van der Waals surface area contributed by atoms with E-state index >= 15 is 0 Å². The molecule has 0 saturated carbocycles. The van der Waals surface area contributed by atoms with Crippen LogP contribution in [0.4, 0.5) is 0 Å². The van der Waals surface area contributed by atoms with Gasteiger partial charge in [0.25, 0.3) is 0 Å². The molecule has 0 N–H and O–H groups in total. The van der Waals surface area contributed by atoms with Crippen molar-refractivity contribution < 1.29 is 4.48 Å². The number of quaternary nitrogens is 1. The van der Waals surface area contributed by atoms with Crippen LogP contribution >= 0.6 is 0 Å². The summed E-state index contributed by atoms with van der Waals surface area (Å²) in [7, 11) is 6.89. The van der Waals surface area contributed by atoms with Crippen LogP contribution in [0.25, 0.3) is 10.9 Å². The second kappa shape index (κ2) is 3.36. The summed E-state index contributed by atoms with van der Waals surface area (Å²) >= 11 is 0.